The van der Waals surface area contributed by atoms with Gasteiger partial charge in [0.05, 0.1) is 25.7 Å². The lowest BCUT2D eigenvalue weighted by Gasteiger charge is -2.13. The summed E-state index contributed by atoms with van der Waals surface area (Å²) in [4.78, 5) is 11.4. The lowest BCUT2D eigenvalue weighted by Crippen LogP contribution is -2.06. The van der Waals surface area contributed by atoms with Gasteiger partial charge in [0.25, 0.3) is 0 Å². The van der Waals surface area contributed by atoms with Crippen molar-refractivity contribution < 1.29 is 9.90 Å². The molecular weight excluding hydrogens is 354 g/mol. The molecule has 21 heavy (non-hydrogen) atoms. The van der Waals surface area contributed by atoms with Crippen LogP contribution in [-0.2, 0) is 6.42 Å². The van der Waals surface area contributed by atoms with E-state index in [1.165, 1.54) is 19.3 Å². The summed E-state index contributed by atoms with van der Waals surface area (Å²) >= 11 is 24.1. The molecule has 0 saturated heterocycles. The van der Waals surface area contributed by atoms with Crippen LogP contribution in [0.15, 0.2) is 0 Å². The zero-order chi connectivity index (χ0) is 16.0. The Morgan fingerprint density at radius 1 is 0.857 bits per heavy atom. The van der Waals surface area contributed by atoms with E-state index in [0.29, 0.717) is 12.0 Å². The van der Waals surface area contributed by atoms with Gasteiger partial charge in [0, 0.05) is 0 Å². The average molecular weight is 372 g/mol. The van der Waals surface area contributed by atoms with Gasteiger partial charge in [-0.05, 0) is 18.4 Å². The molecule has 6 heteroatoms. The Morgan fingerprint density at radius 2 is 1.38 bits per heavy atom. The van der Waals surface area contributed by atoms with Gasteiger partial charge >= 0.3 is 5.97 Å². The minimum absolute atomic E-state index is 0.00701. The number of hydrogen-bond acceptors (Lipinski definition) is 1. The van der Waals surface area contributed by atoms with Gasteiger partial charge in [-0.15, -0.1) is 0 Å². The summed E-state index contributed by atoms with van der Waals surface area (Å²) in [5.74, 6) is -1.14. The Bertz CT molecular complexity index is 515. The van der Waals surface area contributed by atoms with E-state index in [4.69, 9.17) is 46.4 Å². The van der Waals surface area contributed by atoms with Crippen LogP contribution in [0.25, 0.3) is 0 Å². The maximum absolute atomic E-state index is 11.4. The highest BCUT2D eigenvalue weighted by atomic mass is 35.5. The number of carboxylic acid groups (broad SMARTS) is 1. The second kappa shape index (κ2) is 9.09. The minimum Gasteiger partial charge on any atom is -0.478 e. The topological polar surface area (TPSA) is 37.3 Å². The molecule has 1 N–H and O–H groups in total. The van der Waals surface area contributed by atoms with Crippen molar-refractivity contribution >= 4 is 52.4 Å². The molecule has 1 aromatic rings. The van der Waals surface area contributed by atoms with Crippen molar-refractivity contribution in [1.29, 1.82) is 0 Å². The fourth-order valence-electron chi connectivity index (χ4n) is 2.22. The van der Waals surface area contributed by atoms with Gasteiger partial charge in [0.2, 0.25) is 0 Å². The molecule has 118 valence electrons. The number of unbranched alkanes of at least 4 members (excludes halogenated alkanes) is 5. The molecule has 1 rings (SSSR count). The van der Waals surface area contributed by atoms with Crippen molar-refractivity contribution in [3.63, 3.8) is 0 Å². The van der Waals surface area contributed by atoms with Crippen molar-refractivity contribution in [2.45, 2.75) is 51.9 Å². The number of halogens is 4. The van der Waals surface area contributed by atoms with Crippen LogP contribution in [0.3, 0.4) is 0 Å². The quantitative estimate of drug-likeness (QED) is 0.306. The van der Waals surface area contributed by atoms with Gasteiger partial charge in [0.1, 0.15) is 0 Å². The van der Waals surface area contributed by atoms with E-state index >= 15 is 0 Å². The van der Waals surface area contributed by atoms with Gasteiger partial charge < -0.3 is 5.11 Å². The molecule has 0 aliphatic carbocycles. The van der Waals surface area contributed by atoms with Crippen LogP contribution in [0, 0.1) is 0 Å². The first-order chi connectivity index (χ1) is 9.91. The van der Waals surface area contributed by atoms with Gasteiger partial charge in [0.15, 0.2) is 0 Å². The second-order valence-corrected chi connectivity index (χ2v) is 6.44. The molecule has 0 aliphatic rings. The molecule has 0 amide bonds. The zero-order valence-electron chi connectivity index (χ0n) is 11.8. The maximum atomic E-state index is 11.4. The predicted molar refractivity (Wildman–Crippen MR) is 90.5 cm³/mol. The van der Waals surface area contributed by atoms with Crippen LogP contribution < -0.4 is 0 Å². The molecule has 0 spiro atoms. The highest BCUT2D eigenvalue weighted by Gasteiger charge is 2.24. The minimum atomic E-state index is -1.14. The van der Waals surface area contributed by atoms with Crippen LogP contribution >= 0.6 is 46.4 Å². The molecule has 0 heterocycles. The Morgan fingerprint density at radius 3 is 1.95 bits per heavy atom. The fraction of sp³-hybridized carbons (Fsp3) is 0.533. The van der Waals surface area contributed by atoms with E-state index < -0.39 is 5.97 Å². The van der Waals surface area contributed by atoms with Crippen molar-refractivity contribution in [3.8, 4) is 0 Å². The van der Waals surface area contributed by atoms with Gasteiger partial charge in [-0.1, -0.05) is 85.4 Å². The van der Waals surface area contributed by atoms with E-state index in [1.807, 2.05) is 0 Å². The number of carbonyl (C=O) groups is 1. The molecule has 2 nitrogen and oxygen atoms in total. The Hall–Kier alpha value is -0.150. The Labute approximate surface area is 145 Å². The fourth-order valence-corrected chi connectivity index (χ4v) is 3.28. The first kappa shape index (κ1) is 18.9. The van der Waals surface area contributed by atoms with E-state index in [-0.39, 0.29) is 25.7 Å². The lowest BCUT2D eigenvalue weighted by atomic mass is 10.00. The van der Waals surface area contributed by atoms with Gasteiger partial charge in [-0.25, -0.2) is 4.79 Å². The van der Waals surface area contributed by atoms with Crippen LogP contribution in [-0.4, -0.2) is 11.1 Å². The van der Waals surface area contributed by atoms with Crippen molar-refractivity contribution in [3.05, 3.63) is 31.2 Å². The van der Waals surface area contributed by atoms with Crippen LogP contribution in [0.4, 0.5) is 0 Å². The molecule has 0 fully saturated rings. The van der Waals surface area contributed by atoms with Crippen molar-refractivity contribution in [2.75, 3.05) is 0 Å². The summed E-state index contributed by atoms with van der Waals surface area (Å²) in [6.45, 7) is 2.16. The second-order valence-electron chi connectivity index (χ2n) is 4.93. The molecule has 0 bridgehead atoms. The SMILES string of the molecule is CCCCCCCCc1c(Cl)c(Cl)c(Cl)c(Cl)c1C(=O)O. The predicted octanol–water partition coefficient (Wildman–Crippen LogP) is 6.90. The lowest BCUT2D eigenvalue weighted by molar-refractivity contribution is 0.0696. The summed E-state index contributed by atoms with van der Waals surface area (Å²) in [7, 11) is 0. The van der Waals surface area contributed by atoms with E-state index in [1.54, 1.807) is 0 Å². The number of rotatable bonds is 8. The molecular formula is C15H18Cl4O2. The van der Waals surface area contributed by atoms with E-state index in [0.717, 1.165) is 19.3 Å². The first-order valence-electron chi connectivity index (χ1n) is 6.99. The standard InChI is InChI=1S/C15H18Cl4O2/c1-2-3-4-5-6-7-8-9-10(15(20)21)12(17)14(19)13(18)11(9)16/h2-8H2,1H3,(H,20,21). The van der Waals surface area contributed by atoms with Crippen molar-refractivity contribution in [1.82, 2.24) is 0 Å². The van der Waals surface area contributed by atoms with E-state index in [9.17, 15) is 9.90 Å². The number of hydrogen-bond donors (Lipinski definition) is 1. The number of carboxylic acids is 1. The zero-order valence-corrected chi connectivity index (χ0v) is 14.8. The third-order valence-electron chi connectivity index (χ3n) is 3.36. The smallest absolute Gasteiger partial charge is 0.337 e. The van der Waals surface area contributed by atoms with E-state index in [2.05, 4.69) is 6.92 Å². The summed E-state index contributed by atoms with van der Waals surface area (Å²) < 4.78 is 0. The third-order valence-corrected chi connectivity index (χ3v) is 5.20. The van der Waals surface area contributed by atoms with Crippen molar-refractivity contribution in [2.24, 2.45) is 0 Å². The van der Waals surface area contributed by atoms with Crippen LogP contribution in [0.2, 0.25) is 20.1 Å². The summed E-state index contributed by atoms with van der Waals surface area (Å²) in [5.41, 5.74) is 0.434. The number of benzene rings is 1. The molecule has 0 aliphatic heterocycles. The van der Waals surface area contributed by atoms with Crippen LogP contribution in [0.1, 0.15) is 61.4 Å². The largest absolute Gasteiger partial charge is 0.478 e. The highest BCUT2D eigenvalue weighted by molar-refractivity contribution is 6.53. The summed E-state index contributed by atoms with van der Waals surface area (Å²) in [6.07, 6.45) is 7.13. The van der Waals surface area contributed by atoms with Gasteiger partial charge in [-0.3, -0.25) is 0 Å². The molecule has 0 saturated carbocycles. The third kappa shape index (κ3) is 4.92. The maximum Gasteiger partial charge on any atom is 0.337 e. The van der Waals surface area contributed by atoms with Crippen LogP contribution in [0.5, 0.6) is 0 Å². The van der Waals surface area contributed by atoms with Gasteiger partial charge in [-0.2, -0.15) is 0 Å². The molecule has 1 aromatic carbocycles. The molecule has 0 unspecified atom stereocenters. The molecule has 0 aromatic heterocycles. The number of aromatic carboxylic acids is 1. The average Bonchev–Trinajstić information content (AvgIpc) is 2.45. The monoisotopic (exact) mass is 370 g/mol. The molecule has 0 atom stereocenters. The normalized spacial score (nSPS) is 10.9. The Balaban J connectivity index is 2.88. The molecule has 0 radical (unpaired) electrons. The summed E-state index contributed by atoms with van der Waals surface area (Å²) in [5, 5.41) is 9.58. The first-order valence-corrected chi connectivity index (χ1v) is 8.51. The summed E-state index contributed by atoms with van der Waals surface area (Å²) in [6, 6.07) is 0. The highest BCUT2D eigenvalue weighted by Crippen LogP contribution is 2.42. The Kier molecular flexibility index (Phi) is 8.18.